The van der Waals surface area contributed by atoms with Gasteiger partial charge in [0, 0.05) is 24.1 Å². The second kappa shape index (κ2) is 5.64. The van der Waals surface area contributed by atoms with Crippen LogP contribution in [0.25, 0.3) is 0 Å². The van der Waals surface area contributed by atoms with Crippen LogP contribution in [0.4, 0.5) is 11.4 Å². The zero-order chi connectivity index (χ0) is 16.5. The summed E-state index contributed by atoms with van der Waals surface area (Å²) in [5.74, 6) is 0. The van der Waals surface area contributed by atoms with Crippen molar-refractivity contribution in [1.82, 2.24) is 5.01 Å². The van der Waals surface area contributed by atoms with Crippen LogP contribution in [-0.4, -0.2) is 33.2 Å². The highest BCUT2D eigenvalue weighted by molar-refractivity contribution is 5.43. The predicted octanol–water partition coefficient (Wildman–Crippen LogP) is 3.46. The number of aliphatic hydroxyl groups excluding tert-OH is 1. The van der Waals surface area contributed by atoms with Crippen LogP contribution in [0.15, 0.2) is 34.6 Å². The van der Waals surface area contributed by atoms with Crippen LogP contribution in [0.1, 0.15) is 34.1 Å². The molecule has 0 radical (unpaired) electrons. The first kappa shape index (κ1) is 16.4. The highest BCUT2D eigenvalue weighted by Gasteiger charge is 2.49. The van der Waals surface area contributed by atoms with Gasteiger partial charge in [-0.3, -0.25) is 15.1 Å². The van der Waals surface area contributed by atoms with E-state index >= 15 is 0 Å². The van der Waals surface area contributed by atoms with Crippen molar-refractivity contribution >= 4 is 11.4 Å². The van der Waals surface area contributed by atoms with Gasteiger partial charge in [0.15, 0.2) is 0 Å². The Morgan fingerprint density at radius 1 is 1.27 bits per heavy atom. The molecule has 0 amide bonds. The number of hydrogen-bond acceptors (Lipinski definition) is 5. The number of non-ortho nitro benzene ring substituents is 1. The average molecular weight is 306 g/mol. The Morgan fingerprint density at radius 3 is 2.41 bits per heavy atom. The summed E-state index contributed by atoms with van der Waals surface area (Å²) in [4.78, 5) is 10.2. The quantitative estimate of drug-likeness (QED) is 0.526. The molecule has 0 saturated carbocycles. The zero-order valence-corrected chi connectivity index (χ0v) is 13.4. The van der Waals surface area contributed by atoms with Gasteiger partial charge in [-0.25, -0.2) is 0 Å². The maximum atomic E-state index is 10.6. The lowest BCUT2D eigenvalue weighted by atomic mass is 9.67. The lowest BCUT2D eigenvalue weighted by Crippen LogP contribution is -2.61. The standard InChI is InChI=1S/C15H22N4O3/c1-14(2)13(20)9-10-18(15(14,3)4)17-16-11-5-7-12(8-6-11)19(21)22/h5-8,13,20H,9-10H2,1-4H3. The summed E-state index contributed by atoms with van der Waals surface area (Å²) in [5.41, 5.74) is -0.0823. The minimum atomic E-state index is -0.446. The highest BCUT2D eigenvalue weighted by atomic mass is 16.6. The first-order chi connectivity index (χ1) is 10.2. The molecule has 1 saturated heterocycles. The van der Waals surface area contributed by atoms with E-state index in [1.807, 2.05) is 32.7 Å². The molecule has 1 aliphatic heterocycles. The van der Waals surface area contributed by atoms with Gasteiger partial charge in [-0.15, -0.1) is 5.11 Å². The van der Waals surface area contributed by atoms with Crippen molar-refractivity contribution in [2.75, 3.05) is 6.54 Å². The van der Waals surface area contributed by atoms with Crippen molar-refractivity contribution in [2.45, 2.75) is 45.8 Å². The molecule has 1 heterocycles. The Bertz CT molecular complexity index is 581. The molecule has 1 aliphatic rings. The van der Waals surface area contributed by atoms with Gasteiger partial charge in [-0.1, -0.05) is 19.1 Å². The molecule has 1 aromatic carbocycles. The third-order valence-corrected chi connectivity index (χ3v) is 5.00. The summed E-state index contributed by atoms with van der Waals surface area (Å²) in [7, 11) is 0. The van der Waals surface area contributed by atoms with E-state index in [1.54, 1.807) is 12.1 Å². The maximum absolute atomic E-state index is 10.6. The number of nitro benzene ring substituents is 1. The lowest BCUT2D eigenvalue weighted by Gasteiger charge is -2.53. The summed E-state index contributed by atoms with van der Waals surface area (Å²) in [6, 6.07) is 5.95. The summed E-state index contributed by atoms with van der Waals surface area (Å²) in [6.45, 7) is 8.72. The first-order valence-corrected chi connectivity index (χ1v) is 7.28. The van der Waals surface area contributed by atoms with Crippen molar-refractivity contribution in [3.05, 3.63) is 34.4 Å². The molecular weight excluding hydrogens is 284 g/mol. The maximum Gasteiger partial charge on any atom is 0.269 e. The predicted molar refractivity (Wildman–Crippen MR) is 82.8 cm³/mol. The van der Waals surface area contributed by atoms with E-state index < -0.39 is 4.92 Å². The fourth-order valence-corrected chi connectivity index (χ4v) is 2.53. The topological polar surface area (TPSA) is 91.3 Å². The van der Waals surface area contributed by atoms with Crippen molar-refractivity contribution in [3.63, 3.8) is 0 Å². The molecule has 1 fully saturated rings. The van der Waals surface area contributed by atoms with Gasteiger partial charge >= 0.3 is 0 Å². The molecule has 7 heteroatoms. The van der Waals surface area contributed by atoms with E-state index in [0.717, 1.165) is 0 Å². The number of aliphatic hydroxyl groups is 1. The molecule has 0 spiro atoms. The van der Waals surface area contributed by atoms with Gasteiger partial charge < -0.3 is 5.11 Å². The largest absolute Gasteiger partial charge is 0.392 e. The Kier molecular flexibility index (Phi) is 4.19. The van der Waals surface area contributed by atoms with Crippen molar-refractivity contribution < 1.29 is 10.0 Å². The van der Waals surface area contributed by atoms with Crippen LogP contribution in [0.2, 0.25) is 0 Å². The molecule has 1 aromatic rings. The normalized spacial score (nSPS) is 23.7. The monoisotopic (exact) mass is 306 g/mol. The molecule has 0 bridgehead atoms. The first-order valence-electron chi connectivity index (χ1n) is 7.28. The lowest BCUT2D eigenvalue weighted by molar-refractivity contribution is -0.384. The molecule has 2 rings (SSSR count). The smallest absolute Gasteiger partial charge is 0.269 e. The van der Waals surface area contributed by atoms with Gasteiger partial charge in [0.25, 0.3) is 5.69 Å². The van der Waals surface area contributed by atoms with Crippen LogP contribution in [0.3, 0.4) is 0 Å². The van der Waals surface area contributed by atoms with Crippen LogP contribution in [0, 0.1) is 15.5 Å². The SMILES string of the molecule is CC1(C)C(O)CCN(N=Nc2ccc([N+](=O)[O-])cc2)C1(C)C. The molecule has 1 atom stereocenters. The van der Waals surface area contributed by atoms with E-state index in [9.17, 15) is 15.2 Å². The van der Waals surface area contributed by atoms with Crippen LogP contribution >= 0.6 is 0 Å². The van der Waals surface area contributed by atoms with E-state index in [1.165, 1.54) is 12.1 Å². The fourth-order valence-electron chi connectivity index (χ4n) is 2.53. The van der Waals surface area contributed by atoms with Gasteiger partial charge in [0.1, 0.15) is 0 Å². The van der Waals surface area contributed by atoms with Gasteiger partial charge in [0.05, 0.1) is 22.3 Å². The number of rotatable bonds is 3. The molecule has 1 N–H and O–H groups in total. The highest BCUT2D eigenvalue weighted by Crippen LogP contribution is 2.43. The molecule has 1 unspecified atom stereocenters. The summed E-state index contributed by atoms with van der Waals surface area (Å²) < 4.78 is 0. The van der Waals surface area contributed by atoms with Gasteiger partial charge in [-0.2, -0.15) is 0 Å². The molecule has 0 aromatic heterocycles. The summed E-state index contributed by atoms with van der Waals surface area (Å²) >= 11 is 0. The zero-order valence-electron chi connectivity index (χ0n) is 13.4. The van der Waals surface area contributed by atoms with Crippen molar-refractivity contribution in [2.24, 2.45) is 15.8 Å². The van der Waals surface area contributed by atoms with E-state index in [4.69, 9.17) is 0 Å². The van der Waals surface area contributed by atoms with E-state index in [0.29, 0.717) is 18.7 Å². The minimum absolute atomic E-state index is 0.0292. The average Bonchev–Trinajstić information content (AvgIpc) is 2.45. The van der Waals surface area contributed by atoms with Crippen LogP contribution in [-0.2, 0) is 0 Å². The minimum Gasteiger partial charge on any atom is -0.392 e. The van der Waals surface area contributed by atoms with Crippen LogP contribution < -0.4 is 0 Å². The summed E-state index contributed by atoms with van der Waals surface area (Å²) in [5, 5.41) is 31.1. The number of piperidine rings is 1. The third-order valence-electron chi connectivity index (χ3n) is 5.00. The number of nitrogens with zero attached hydrogens (tertiary/aromatic N) is 4. The van der Waals surface area contributed by atoms with E-state index in [2.05, 4.69) is 10.3 Å². The molecule has 7 nitrogen and oxygen atoms in total. The molecular formula is C15H22N4O3. The van der Waals surface area contributed by atoms with Gasteiger partial charge in [0.2, 0.25) is 0 Å². The Balaban J connectivity index is 2.17. The Hall–Kier alpha value is -2.02. The van der Waals surface area contributed by atoms with E-state index in [-0.39, 0.29) is 22.7 Å². The third kappa shape index (κ3) is 2.81. The fraction of sp³-hybridized carbons (Fsp3) is 0.600. The van der Waals surface area contributed by atoms with Crippen molar-refractivity contribution in [3.8, 4) is 0 Å². The van der Waals surface area contributed by atoms with Gasteiger partial charge in [-0.05, 0) is 32.4 Å². The molecule has 22 heavy (non-hydrogen) atoms. The second-order valence-corrected chi connectivity index (χ2v) is 6.67. The number of benzene rings is 1. The number of nitro groups is 1. The van der Waals surface area contributed by atoms with Crippen LogP contribution in [0.5, 0.6) is 0 Å². The second-order valence-electron chi connectivity index (χ2n) is 6.67. The number of hydrogen-bond donors (Lipinski definition) is 1. The molecule has 120 valence electrons. The summed E-state index contributed by atoms with van der Waals surface area (Å²) in [6.07, 6.45) is 0.253. The Labute approximate surface area is 129 Å². The molecule has 0 aliphatic carbocycles. The van der Waals surface area contributed by atoms with Crippen molar-refractivity contribution in [1.29, 1.82) is 0 Å². The Morgan fingerprint density at radius 2 is 1.86 bits per heavy atom.